The third-order valence-corrected chi connectivity index (χ3v) is 8.85. The van der Waals surface area contributed by atoms with Gasteiger partial charge in [0.2, 0.25) is 11.8 Å². The number of benzene rings is 3. The Morgan fingerprint density at radius 2 is 1.60 bits per heavy atom. The van der Waals surface area contributed by atoms with Gasteiger partial charge < -0.3 is 10.5 Å². The van der Waals surface area contributed by atoms with Crippen molar-refractivity contribution < 1.29 is 32.7 Å². The standard InChI is InChI=1S/C33H26F2N4O5S/c1-38(43-2)30(40)20-5-3-19(4-6-20)28-18-25-29(45-28)27(13-16-37-25)44-26-12-11-23(17-24(26)35)39(22-9-7-21(34)8-10-22)32(42)33(14-15-33)31(36)41/h3-13,16-18H,14-15H2,1-2H3,(H2,36,41). The molecule has 0 unspecified atom stereocenters. The molecule has 6 rings (SSSR count). The average molecular weight is 629 g/mol. The van der Waals surface area contributed by atoms with Crippen LogP contribution in [0.5, 0.6) is 11.5 Å². The molecular weight excluding hydrogens is 602 g/mol. The summed E-state index contributed by atoms with van der Waals surface area (Å²) in [6.45, 7) is 0. The SMILES string of the molecule is CON(C)C(=O)c1ccc(-c2cc3nccc(Oc4ccc(N(C(=O)C5(C(N)=O)CC5)c5ccc(F)cc5)cc4F)c3s2)cc1. The summed E-state index contributed by atoms with van der Waals surface area (Å²) in [4.78, 5) is 49.5. The van der Waals surface area contributed by atoms with Gasteiger partial charge in [0.05, 0.1) is 23.0 Å². The highest BCUT2D eigenvalue weighted by Crippen LogP contribution is 2.49. The molecule has 2 aromatic heterocycles. The Morgan fingerprint density at radius 3 is 2.22 bits per heavy atom. The van der Waals surface area contributed by atoms with Gasteiger partial charge in [0.1, 0.15) is 17.0 Å². The highest BCUT2D eigenvalue weighted by Gasteiger charge is 2.57. The van der Waals surface area contributed by atoms with Gasteiger partial charge in [0.15, 0.2) is 11.6 Å². The number of aromatic nitrogens is 1. The van der Waals surface area contributed by atoms with Gasteiger partial charge in [-0.2, -0.15) is 0 Å². The number of amides is 3. The van der Waals surface area contributed by atoms with E-state index in [1.807, 2.05) is 18.2 Å². The van der Waals surface area contributed by atoms with Crippen LogP contribution in [0.4, 0.5) is 20.2 Å². The summed E-state index contributed by atoms with van der Waals surface area (Å²) in [5, 5.41) is 1.14. The summed E-state index contributed by atoms with van der Waals surface area (Å²) in [6.07, 6.45) is 2.10. The van der Waals surface area contributed by atoms with Gasteiger partial charge >= 0.3 is 0 Å². The summed E-state index contributed by atoms with van der Waals surface area (Å²) in [6, 6.07) is 19.6. The number of hydrogen-bond donors (Lipinski definition) is 1. The number of halogens is 2. The van der Waals surface area contributed by atoms with Gasteiger partial charge in [-0.05, 0) is 73.0 Å². The van der Waals surface area contributed by atoms with Crippen LogP contribution in [0, 0.1) is 17.0 Å². The normalized spacial score (nSPS) is 13.3. The Balaban J connectivity index is 1.29. The third-order valence-electron chi connectivity index (χ3n) is 7.66. The van der Waals surface area contributed by atoms with Crippen molar-refractivity contribution in [2.45, 2.75) is 12.8 Å². The summed E-state index contributed by atoms with van der Waals surface area (Å²) in [7, 11) is 2.94. The van der Waals surface area contributed by atoms with Crippen LogP contribution in [0.3, 0.4) is 0 Å². The van der Waals surface area contributed by atoms with Crippen molar-refractivity contribution in [2.75, 3.05) is 19.1 Å². The lowest BCUT2D eigenvalue weighted by Gasteiger charge is -2.26. The van der Waals surface area contributed by atoms with Gasteiger partial charge in [-0.1, -0.05) is 12.1 Å². The van der Waals surface area contributed by atoms with E-state index in [-0.39, 0.29) is 35.9 Å². The number of ether oxygens (including phenoxy) is 1. The fourth-order valence-corrected chi connectivity index (χ4v) is 5.96. The molecule has 0 radical (unpaired) electrons. The van der Waals surface area contributed by atoms with E-state index in [1.165, 1.54) is 66.8 Å². The maximum Gasteiger partial charge on any atom is 0.277 e. The quantitative estimate of drug-likeness (QED) is 0.145. The molecule has 0 spiro atoms. The van der Waals surface area contributed by atoms with Crippen molar-refractivity contribution in [3.63, 3.8) is 0 Å². The van der Waals surface area contributed by atoms with Gasteiger partial charge in [0.25, 0.3) is 5.91 Å². The van der Waals surface area contributed by atoms with E-state index in [0.717, 1.165) is 21.6 Å². The Hall–Kier alpha value is -5.20. The molecule has 0 saturated heterocycles. The Kier molecular flexibility index (Phi) is 7.77. The number of thiophene rings is 1. The van der Waals surface area contributed by atoms with Crippen LogP contribution >= 0.6 is 11.3 Å². The molecule has 0 bridgehead atoms. The number of primary amides is 1. The number of fused-ring (bicyclic) bond motifs is 1. The Labute approximate surface area is 260 Å². The van der Waals surface area contributed by atoms with Crippen LogP contribution in [-0.2, 0) is 14.4 Å². The first-order valence-electron chi connectivity index (χ1n) is 13.8. The van der Waals surface area contributed by atoms with E-state index in [9.17, 15) is 18.8 Å². The fraction of sp³-hybridized carbons (Fsp3) is 0.152. The predicted octanol–water partition coefficient (Wildman–Crippen LogP) is 6.60. The molecule has 2 N–H and O–H groups in total. The van der Waals surface area contributed by atoms with Crippen LogP contribution in [-0.4, -0.2) is 41.9 Å². The second-order valence-electron chi connectivity index (χ2n) is 10.5. The van der Waals surface area contributed by atoms with Gasteiger partial charge in [-0.15, -0.1) is 11.3 Å². The van der Waals surface area contributed by atoms with Crippen molar-refractivity contribution in [2.24, 2.45) is 11.1 Å². The molecule has 0 atom stereocenters. The predicted molar refractivity (Wildman–Crippen MR) is 165 cm³/mol. The topological polar surface area (TPSA) is 115 Å². The molecule has 228 valence electrons. The highest BCUT2D eigenvalue weighted by atomic mass is 32.1. The number of nitrogens with zero attached hydrogens (tertiary/aromatic N) is 3. The number of carbonyl (C=O) groups is 3. The smallest absolute Gasteiger partial charge is 0.277 e. The lowest BCUT2D eigenvalue weighted by Crippen LogP contribution is -2.41. The number of nitrogens with two attached hydrogens (primary N) is 1. The second-order valence-corrected chi connectivity index (χ2v) is 11.5. The monoisotopic (exact) mass is 628 g/mol. The molecular formula is C33H26F2N4O5S. The molecule has 5 aromatic rings. The van der Waals surface area contributed by atoms with E-state index in [4.69, 9.17) is 15.3 Å². The molecule has 12 heteroatoms. The summed E-state index contributed by atoms with van der Waals surface area (Å²) in [5.74, 6) is -2.67. The molecule has 1 aliphatic rings. The first-order valence-corrected chi connectivity index (χ1v) is 14.6. The zero-order chi connectivity index (χ0) is 31.9. The number of rotatable bonds is 9. The largest absolute Gasteiger partial charge is 0.453 e. The summed E-state index contributed by atoms with van der Waals surface area (Å²) < 4.78 is 35.9. The fourth-order valence-electron chi connectivity index (χ4n) is 4.89. The molecule has 2 heterocycles. The maximum atomic E-state index is 15.6. The number of carbonyl (C=O) groups excluding carboxylic acids is 3. The number of pyridine rings is 1. The van der Waals surface area contributed by atoms with Crippen LogP contribution in [0.2, 0.25) is 0 Å². The van der Waals surface area contributed by atoms with Crippen molar-refractivity contribution >= 4 is 50.6 Å². The first kappa shape index (κ1) is 29.9. The minimum Gasteiger partial charge on any atom is -0.453 e. The van der Waals surface area contributed by atoms with Crippen molar-refractivity contribution in [1.29, 1.82) is 0 Å². The van der Waals surface area contributed by atoms with Crippen molar-refractivity contribution in [3.8, 4) is 21.9 Å². The van der Waals surface area contributed by atoms with Crippen LogP contribution in [0.25, 0.3) is 20.7 Å². The highest BCUT2D eigenvalue weighted by molar-refractivity contribution is 7.22. The molecule has 9 nitrogen and oxygen atoms in total. The molecule has 3 aromatic carbocycles. The number of hydroxylamine groups is 2. The molecule has 0 aliphatic heterocycles. The van der Waals surface area contributed by atoms with Crippen LogP contribution in [0.1, 0.15) is 23.2 Å². The number of hydrogen-bond acceptors (Lipinski definition) is 7. The van der Waals surface area contributed by atoms with E-state index >= 15 is 4.39 Å². The summed E-state index contributed by atoms with van der Waals surface area (Å²) in [5.41, 5.74) is 6.49. The van der Waals surface area contributed by atoms with Crippen molar-refractivity contribution in [1.82, 2.24) is 10.0 Å². The van der Waals surface area contributed by atoms with Gasteiger partial charge in [0, 0.05) is 41.5 Å². The molecule has 3 amide bonds. The minimum absolute atomic E-state index is 0.103. The number of anilines is 2. The van der Waals surface area contributed by atoms with Gasteiger partial charge in [-0.25, -0.2) is 13.8 Å². The van der Waals surface area contributed by atoms with E-state index in [1.54, 1.807) is 24.4 Å². The molecule has 1 saturated carbocycles. The van der Waals surface area contributed by atoms with Gasteiger partial charge in [-0.3, -0.25) is 29.1 Å². The minimum atomic E-state index is -1.39. The van der Waals surface area contributed by atoms with E-state index in [2.05, 4.69) is 4.98 Å². The average Bonchev–Trinajstić information content (AvgIpc) is 3.75. The molecule has 1 aliphatic carbocycles. The van der Waals surface area contributed by atoms with E-state index in [0.29, 0.717) is 21.5 Å². The first-order chi connectivity index (χ1) is 21.6. The van der Waals surface area contributed by atoms with Crippen LogP contribution in [0.15, 0.2) is 85.1 Å². The third kappa shape index (κ3) is 5.61. The Bertz CT molecular complexity index is 1940. The second kappa shape index (κ2) is 11.7. The summed E-state index contributed by atoms with van der Waals surface area (Å²) >= 11 is 1.39. The zero-order valence-corrected chi connectivity index (χ0v) is 24.9. The lowest BCUT2D eigenvalue weighted by molar-refractivity contribution is -0.133. The van der Waals surface area contributed by atoms with Crippen molar-refractivity contribution in [3.05, 3.63) is 102 Å². The van der Waals surface area contributed by atoms with E-state index < -0.39 is 28.9 Å². The lowest BCUT2D eigenvalue weighted by atomic mass is 10.0. The molecule has 1 fully saturated rings. The zero-order valence-electron chi connectivity index (χ0n) is 24.1. The molecule has 45 heavy (non-hydrogen) atoms. The van der Waals surface area contributed by atoms with Crippen LogP contribution < -0.4 is 15.4 Å². The maximum absolute atomic E-state index is 15.6. The Morgan fingerprint density at radius 1 is 0.911 bits per heavy atom.